The first-order valence-electron chi connectivity index (χ1n) is 0.204. The van der Waals surface area contributed by atoms with E-state index in [4.69, 9.17) is 4.46 Å². The van der Waals surface area contributed by atoms with Crippen LogP contribution < -0.4 is 0 Å². The maximum Gasteiger partial charge on any atom is 0.381 e. The molecule has 0 saturated heterocycles. The Morgan fingerprint density at radius 3 is 1.25 bits per heavy atom. The van der Waals surface area contributed by atoms with E-state index in [0.29, 0.717) is 0 Å². The minimum absolute atomic E-state index is 0. The summed E-state index contributed by atoms with van der Waals surface area (Å²) in [6.07, 6.45) is 0. The van der Waals surface area contributed by atoms with Crippen molar-refractivity contribution in [3.8, 4) is 0 Å². The predicted octanol–water partition coefficient (Wildman–Crippen LogP) is -0.505. The fraction of sp³-hybridized carbons (Fsp3) is 0. The summed E-state index contributed by atoms with van der Waals surface area (Å²) in [7, 11) is 1.72. The Morgan fingerprint density at radius 1 is 1.25 bits per heavy atom. The van der Waals surface area contributed by atoms with Gasteiger partial charge in [0.1, 0.15) is 0 Å². The molecule has 0 aliphatic carbocycles. The monoisotopic (exact) mass is 171 g/mol. The standard InChI is InChI=1S/Cu.OSi.Zn/c;1-2;. The van der Waals surface area contributed by atoms with Crippen molar-refractivity contribution in [2.75, 3.05) is 0 Å². The molecule has 1 nitrogen and oxygen atoms in total. The Bertz CT molecular complexity index is 8.00. The molecule has 0 aliphatic rings. The quantitative estimate of drug-likeness (QED) is 0.451. The molecule has 0 saturated carbocycles. The van der Waals surface area contributed by atoms with Crippen LogP contribution in [0.3, 0.4) is 0 Å². The molecule has 0 atom stereocenters. The molecule has 0 amide bonds. The van der Waals surface area contributed by atoms with E-state index in [2.05, 4.69) is 0 Å². The predicted molar refractivity (Wildman–Crippen MR) is 6.44 cm³/mol. The average Bonchev–Trinajstić information content (AvgIpc) is 1.00. The smallest absolute Gasteiger partial charge is 0.381 e. The van der Waals surface area contributed by atoms with Crippen molar-refractivity contribution in [1.82, 2.24) is 0 Å². The van der Waals surface area contributed by atoms with E-state index in [1.807, 2.05) is 0 Å². The van der Waals surface area contributed by atoms with Gasteiger partial charge >= 0.3 is 10.1 Å². The van der Waals surface area contributed by atoms with Gasteiger partial charge in [-0.05, 0) is 0 Å². The minimum Gasteiger partial charge on any atom is -0.381 e. The summed E-state index contributed by atoms with van der Waals surface area (Å²) < 4.78 is 8.06. The second-order valence-corrected chi connectivity index (χ2v) is 0. The average molecular weight is 173 g/mol. The van der Waals surface area contributed by atoms with Gasteiger partial charge in [-0.25, -0.2) is 0 Å². The number of hydrogen-bond donors (Lipinski definition) is 0. The van der Waals surface area contributed by atoms with E-state index < -0.39 is 0 Å². The van der Waals surface area contributed by atoms with Crippen molar-refractivity contribution >= 4 is 10.1 Å². The molecule has 0 aromatic heterocycles. The second kappa shape index (κ2) is 30.9. The number of hydrogen-bond acceptors (Lipinski definition) is 1. The van der Waals surface area contributed by atoms with Crippen LogP contribution in [0, 0.1) is 0 Å². The van der Waals surface area contributed by atoms with Crippen molar-refractivity contribution in [3.63, 3.8) is 0 Å². The summed E-state index contributed by atoms with van der Waals surface area (Å²) in [4.78, 5) is 0. The van der Waals surface area contributed by atoms with Gasteiger partial charge in [0.25, 0.3) is 0 Å². The first kappa shape index (κ1) is 19.1. The van der Waals surface area contributed by atoms with Gasteiger partial charge in [0.2, 0.25) is 0 Å². The molecule has 0 unspecified atom stereocenters. The van der Waals surface area contributed by atoms with Gasteiger partial charge in [0.05, 0.1) is 0 Å². The fourth-order valence-corrected chi connectivity index (χ4v) is 0. The first-order valence-corrected chi connectivity index (χ1v) is 0.612. The van der Waals surface area contributed by atoms with Gasteiger partial charge in [-0.15, -0.1) is 0 Å². The Balaban J connectivity index is -0.00000000500. The zero-order chi connectivity index (χ0) is 2.00. The zero-order valence-corrected chi connectivity index (χ0v) is 6.83. The van der Waals surface area contributed by atoms with Gasteiger partial charge in [0, 0.05) is 36.5 Å². The van der Waals surface area contributed by atoms with Gasteiger partial charge < -0.3 is 4.46 Å². The third kappa shape index (κ3) is 11.0. The van der Waals surface area contributed by atoms with Gasteiger partial charge in [-0.1, -0.05) is 0 Å². The summed E-state index contributed by atoms with van der Waals surface area (Å²) in [5.41, 5.74) is 0. The molecule has 0 heterocycles. The number of rotatable bonds is 0. The molecule has 23 valence electrons. The van der Waals surface area contributed by atoms with Crippen LogP contribution in [0.2, 0.25) is 0 Å². The van der Waals surface area contributed by atoms with Crippen LogP contribution in [0.1, 0.15) is 0 Å². The zero-order valence-electron chi connectivity index (χ0n) is 1.92. The third-order valence-corrected chi connectivity index (χ3v) is 0. The Labute approximate surface area is 51.3 Å². The van der Waals surface area contributed by atoms with E-state index >= 15 is 0 Å². The van der Waals surface area contributed by atoms with Crippen LogP contribution in [0.25, 0.3) is 0 Å². The SMILES string of the molecule is O=[Si].[Cu].[Zn]. The maximum absolute atomic E-state index is 8.06. The molecule has 3 radical (unpaired) electrons. The molecule has 0 rings (SSSR count). The first-order chi connectivity index (χ1) is 1.00. The molecule has 0 N–H and O–H groups in total. The molecule has 0 aliphatic heterocycles. The molecule has 4 heavy (non-hydrogen) atoms. The molecular weight excluding hydrogens is 173 g/mol. The molecule has 0 fully saturated rings. The van der Waals surface area contributed by atoms with Crippen LogP contribution in [0.4, 0.5) is 0 Å². The largest absolute Gasteiger partial charge is 0.381 e. The molecule has 0 aromatic rings. The third-order valence-electron chi connectivity index (χ3n) is 0. The second-order valence-electron chi connectivity index (χ2n) is 0. The molecule has 0 bridgehead atoms. The normalized spacial score (nSPS) is 1.00. The summed E-state index contributed by atoms with van der Waals surface area (Å²) >= 11 is 0. The van der Waals surface area contributed by atoms with Crippen LogP contribution in [-0.4, -0.2) is 10.1 Å². The van der Waals surface area contributed by atoms with Crippen molar-refractivity contribution < 1.29 is 41.0 Å². The Morgan fingerprint density at radius 2 is 1.25 bits per heavy atom. The fourth-order valence-electron chi connectivity index (χ4n) is 0. The van der Waals surface area contributed by atoms with Crippen molar-refractivity contribution in [3.05, 3.63) is 0 Å². The van der Waals surface area contributed by atoms with Crippen LogP contribution in [0.15, 0.2) is 0 Å². The van der Waals surface area contributed by atoms with Crippen molar-refractivity contribution in [2.45, 2.75) is 0 Å². The molecule has 0 spiro atoms. The van der Waals surface area contributed by atoms with Crippen LogP contribution in [0.5, 0.6) is 0 Å². The Kier molecular flexibility index (Phi) is 148. The van der Waals surface area contributed by atoms with E-state index in [1.54, 1.807) is 10.1 Å². The van der Waals surface area contributed by atoms with Crippen LogP contribution in [-0.2, 0) is 41.0 Å². The molecule has 4 heteroatoms. The maximum atomic E-state index is 8.06. The van der Waals surface area contributed by atoms with Gasteiger partial charge in [0.15, 0.2) is 0 Å². The Hall–Kier alpha value is 1.16. The van der Waals surface area contributed by atoms with E-state index in [1.165, 1.54) is 0 Å². The molecule has 0 aromatic carbocycles. The summed E-state index contributed by atoms with van der Waals surface area (Å²) in [6, 6.07) is 0. The van der Waals surface area contributed by atoms with Crippen LogP contribution >= 0.6 is 0 Å². The molecular formula is CuOSiZn. The minimum atomic E-state index is 0. The van der Waals surface area contributed by atoms with E-state index in [0.717, 1.165) is 0 Å². The van der Waals surface area contributed by atoms with Crippen molar-refractivity contribution in [1.29, 1.82) is 0 Å². The van der Waals surface area contributed by atoms with Gasteiger partial charge in [-0.2, -0.15) is 0 Å². The summed E-state index contributed by atoms with van der Waals surface area (Å²) in [5, 5.41) is 0. The van der Waals surface area contributed by atoms with Gasteiger partial charge in [-0.3, -0.25) is 0 Å². The summed E-state index contributed by atoms with van der Waals surface area (Å²) in [6.45, 7) is 0. The topological polar surface area (TPSA) is 17.1 Å². The van der Waals surface area contributed by atoms with Crippen molar-refractivity contribution in [2.24, 2.45) is 0 Å². The summed E-state index contributed by atoms with van der Waals surface area (Å²) in [5.74, 6) is 0. The van der Waals surface area contributed by atoms with E-state index in [9.17, 15) is 0 Å². The van der Waals surface area contributed by atoms with E-state index in [-0.39, 0.29) is 36.5 Å².